The van der Waals surface area contributed by atoms with Gasteiger partial charge in [-0.05, 0) is 36.8 Å². The smallest absolute Gasteiger partial charge is 0.237 e. The predicted molar refractivity (Wildman–Crippen MR) is 76.1 cm³/mol. The van der Waals surface area contributed by atoms with Gasteiger partial charge >= 0.3 is 0 Å². The quantitative estimate of drug-likeness (QED) is 0.769. The summed E-state index contributed by atoms with van der Waals surface area (Å²) in [6, 6.07) is 6.42. The van der Waals surface area contributed by atoms with Crippen LogP contribution < -0.4 is 16.0 Å². The van der Waals surface area contributed by atoms with E-state index in [0.717, 1.165) is 38.9 Å². The molecule has 1 aromatic rings. The molecule has 1 saturated heterocycles. The van der Waals surface area contributed by atoms with Gasteiger partial charge in [-0.2, -0.15) is 0 Å². The topological polar surface area (TPSA) is 53.2 Å². The van der Waals surface area contributed by atoms with Gasteiger partial charge in [0.1, 0.15) is 0 Å². The van der Waals surface area contributed by atoms with E-state index < -0.39 is 0 Å². The van der Waals surface area contributed by atoms with Crippen LogP contribution in [0.5, 0.6) is 0 Å². The summed E-state index contributed by atoms with van der Waals surface area (Å²) in [5, 5.41) is 9.79. The number of fused-ring (bicyclic) bond motifs is 1. The number of hydrogen-bond donors (Lipinski definition) is 3. The van der Waals surface area contributed by atoms with Crippen LogP contribution in [0.15, 0.2) is 18.2 Å². The summed E-state index contributed by atoms with van der Waals surface area (Å²) in [4.78, 5) is 11.7. The third kappa shape index (κ3) is 2.73. The van der Waals surface area contributed by atoms with Gasteiger partial charge in [-0.1, -0.05) is 18.2 Å². The minimum atomic E-state index is -0.0341. The maximum absolute atomic E-state index is 11.7. The molecule has 1 fully saturated rings. The van der Waals surface area contributed by atoms with E-state index in [1.165, 1.54) is 23.2 Å². The summed E-state index contributed by atoms with van der Waals surface area (Å²) in [7, 11) is 0. The third-order valence-corrected chi connectivity index (χ3v) is 3.99. The van der Waals surface area contributed by atoms with Crippen LogP contribution in [0, 0.1) is 0 Å². The number of piperidine rings is 1. The first-order chi connectivity index (χ1) is 9.34. The lowest BCUT2D eigenvalue weighted by Crippen LogP contribution is -2.48. The first-order valence-corrected chi connectivity index (χ1v) is 7.20. The van der Waals surface area contributed by atoms with Gasteiger partial charge in [-0.15, -0.1) is 0 Å². The Morgan fingerprint density at radius 3 is 3.00 bits per heavy atom. The third-order valence-electron chi connectivity index (χ3n) is 3.99. The van der Waals surface area contributed by atoms with Gasteiger partial charge in [0.25, 0.3) is 0 Å². The summed E-state index contributed by atoms with van der Waals surface area (Å²) >= 11 is 0. The van der Waals surface area contributed by atoms with Gasteiger partial charge in [-0.3, -0.25) is 4.79 Å². The van der Waals surface area contributed by atoms with Crippen molar-refractivity contribution in [1.29, 1.82) is 0 Å². The highest BCUT2D eigenvalue weighted by Gasteiger charge is 2.21. The Labute approximate surface area is 114 Å². The highest BCUT2D eigenvalue weighted by molar-refractivity contribution is 5.82. The standard InChI is InChI=1S/C15H21N3O/c19-15-13(7-3-9-17-15)18-10-12-5-1-4-11-6-2-8-16-14(11)12/h1,4-5,13,16,18H,2-3,6-10H2,(H,17,19). The molecule has 1 aromatic carbocycles. The molecule has 4 heteroatoms. The second-order valence-corrected chi connectivity index (χ2v) is 5.35. The summed E-state index contributed by atoms with van der Waals surface area (Å²) in [5.41, 5.74) is 3.95. The van der Waals surface area contributed by atoms with Gasteiger partial charge in [0.15, 0.2) is 0 Å². The van der Waals surface area contributed by atoms with Crippen LogP contribution in [0.2, 0.25) is 0 Å². The minimum Gasteiger partial charge on any atom is -0.385 e. The Bertz CT molecular complexity index is 472. The van der Waals surface area contributed by atoms with Gasteiger partial charge < -0.3 is 16.0 Å². The van der Waals surface area contributed by atoms with Crippen molar-refractivity contribution in [3.05, 3.63) is 29.3 Å². The largest absolute Gasteiger partial charge is 0.385 e. The van der Waals surface area contributed by atoms with Crippen molar-refractivity contribution in [3.8, 4) is 0 Å². The first-order valence-electron chi connectivity index (χ1n) is 7.20. The number of para-hydroxylation sites is 1. The van der Waals surface area contributed by atoms with E-state index in [4.69, 9.17) is 0 Å². The molecule has 0 bridgehead atoms. The molecule has 0 spiro atoms. The number of carbonyl (C=O) groups excluding carboxylic acids is 1. The van der Waals surface area contributed by atoms with Crippen LogP contribution in [-0.4, -0.2) is 25.0 Å². The molecule has 2 aliphatic heterocycles. The molecular formula is C15H21N3O. The predicted octanol–water partition coefficient (Wildman–Crippen LogP) is 1.41. The van der Waals surface area contributed by atoms with Crippen molar-refractivity contribution >= 4 is 11.6 Å². The van der Waals surface area contributed by atoms with Crippen molar-refractivity contribution in [1.82, 2.24) is 10.6 Å². The maximum atomic E-state index is 11.7. The van der Waals surface area contributed by atoms with Gasteiger partial charge in [-0.25, -0.2) is 0 Å². The van der Waals surface area contributed by atoms with Gasteiger partial charge in [0.2, 0.25) is 5.91 Å². The number of benzene rings is 1. The molecule has 1 unspecified atom stereocenters. The Morgan fingerprint density at radius 1 is 1.21 bits per heavy atom. The van der Waals surface area contributed by atoms with Crippen LogP contribution >= 0.6 is 0 Å². The van der Waals surface area contributed by atoms with Crippen LogP contribution in [0.3, 0.4) is 0 Å². The SMILES string of the molecule is O=C1NCCCC1NCc1cccc2c1NCCC2. The Hall–Kier alpha value is -1.55. The number of hydrogen-bond acceptors (Lipinski definition) is 3. The average Bonchev–Trinajstić information content (AvgIpc) is 2.46. The van der Waals surface area contributed by atoms with Crippen molar-refractivity contribution in [2.45, 2.75) is 38.3 Å². The minimum absolute atomic E-state index is 0.0341. The Balaban J connectivity index is 1.68. The normalized spacial score (nSPS) is 22.3. The number of carbonyl (C=O) groups is 1. The Kier molecular flexibility index (Phi) is 3.69. The van der Waals surface area contributed by atoms with Crippen molar-refractivity contribution in [2.24, 2.45) is 0 Å². The number of rotatable bonds is 3. The molecule has 2 heterocycles. The van der Waals surface area contributed by atoms with Crippen LogP contribution in [0.25, 0.3) is 0 Å². The molecule has 1 amide bonds. The molecule has 3 rings (SSSR count). The number of anilines is 1. The zero-order valence-corrected chi connectivity index (χ0v) is 11.2. The van der Waals surface area contributed by atoms with E-state index in [2.05, 4.69) is 34.1 Å². The second-order valence-electron chi connectivity index (χ2n) is 5.35. The second kappa shape index (κ2) is 5.61. The van der Waals surface area contributed by atoms with Crippen LogP contribution in [-0.2, 0) is 17.8 Å². The zero-order valence-electron chi connectivity index (χ0n) is 11.2. The van der Waals surface area contributed by atoms with E-state index in [-0.39, 0.29) is 11.9 Å². The molecule has 0 aromatic heterocycles. The molecule has 0 radical (unpaired) electrons. The van der Waals surface area contributed by atoms with Crippen molar-refractivity contribution in [3.63, 3.8) is 0 Å². The lowest BCUT2D eigenvalue weighted by Gasteiger charge is -2.25. The highest BCUT2D eigenvalue weighted by atomic mass is 16.2. The van der Waals surface area contributed by atoms with Crippen LogP contribution in [0.1, 0.15) is 30.4 Å². The summed E-state index contributed by atoms with van der Waals surface area (Å²) < 4.78 is 0. The van der Waals surface area contributed by atoms with Crippen molar-refractivity contribution < 1.29 is 4.79 Å². The molecule has 4 nitrogen and oxygen atoms in total. The van der Waals surface area contributed by atoms with Crippen LogP contribution in [0.4, 0.5) is 5.69 Å². The van der Waals surface area contributed by atoms with E-state index in [1.54, 1.807) is 0 Å². The maximum Gasteiger partial charge on any atom is 0.237 e. The van der Waals surface area contributed by atoms with Gasteiger partial charge in [0, 0.05) is 25.3 Å². The fraction of sp³-hybridized carbons (Fsp3) is 0.533. The summed E-state index contributed by atoms with van der Waals surface area (Å²) in [6.45, 7) is 2.63. The van der Waals surface area contributed by atoms with Gasteiger partial charge in [0.05, 0.1) is 6.04 Å². The fourth-order valence-corrected chi connectivity index (χ4v) is 2.93. The molecule has 0 saturated carbocycles. The highest BCUT2D eigenvalue weighted by Crippen LogP contribution is 2.26. The zero-order chi connectivity index (χ0) is 13.1. The summed E-state index contributed by atoms with van der Waals surface area (Å²) in [5.74, 6) is 0.143. The van der Waals surface area contributed by atoms with E-state index >= 15 is 0 Å². The fourth-order valence-electron chi connectivity index (χ4n) is 2.93. The molecule has 19 heavy (non-hydrogen) atoms. The molecule has 102 valence electrons. The number of amides is 1. The van der Waals surface area contributed by atoms with E-state index in [9.17, 15) is 4.79 Å². The lowest BCUT2D eigenvalue weighted by molar-refractivity contribution is -0.124. The van der Waals surface area contributed by atoms with Crippen molar-refractivity contribution in [2.75, 3.05) is 18.4 Å². The Morgan fingerprint density at radius 2 is 2.11 bits per heavy atom. The summed E-state index contributed by atoms with van der Waals surface area (Å²) in [6.07, 6.45) is 4.36. The molecule has 2 aliphatic rings. The number of aryl methyl sites for hydroxylation is 1. The van der Waals surface area contributed by atoms with E-state index in [0.29, 0.717) is 0 Å². The molecule has 3 N–H and O–H groups in total. The molecule has 1 atom stereocenters. The van der Waals surface area contributed by atoms with E-state index in [1.807, 2.05) is 0 Å². The lowest BCUT2D eigenvalue weighted by atomic mass is 9.99. The molecule has 0 aliphatic carbocycles. The monoisotopic (exact) mass is 259 g/mol. The number of nitrogens with one attached hydrogen (secondary N) is 3. The first kappa shape index (κ1) is 12.5. The average molecular weight is 259 g/mol. The molecular weight excluding hydrogens is 238 g/mol.